The van der Waals surface area contributed by atoms with Gasteiger partial charge in [0.25, 0.3) is 0 Å². The van der Waals surface area contributed by atoms with E-state index in [4.69, 9.17) is 5.73 Å². The quantitative estimate of drug-likeness (QED) is 0.719. The first-order chi connectivity index (χ1) is 6.22. The van der Waals surface area contributed by atoms with E-state index in [1.165, 1.54) is 0 Å². The second kappa shape index (κ2) is 5.19. The number of halogens is 3. The van der Waals surface area contributed by atoms with Crippen LogP contribution in [0, 0.1) is 5.92 Å². The lowest BCUT2D eigenvalue weighted by Gasteiger charge is -2.14. The van der Waals surface area contributed by atoms with Crippen molar-refractivity contribution in [3.8, 4) is 0 Å². The summed E-state index contributed by atoms with van der Waals surface area (Å²) in [7, 11) is 0. The molecule has 0 aliphatic carbocycles. The van der Waals surface area contributed by atoms with Crippen molar-refractivity contribution in [1.82, 2.24) is 0 Å². The Morgan fingerprint density at radius 3 is 2.29 bits per heavy atom. The monoisotopic (exact) mass is 213 g/mol. The average molecular weight is 213 g/mol. The molecule has 0 amide bonds. The Kier molecular flexibility index (Phi) is 4.90. The third kappa shape index (κ3) is 6.71. The van der Waals surface area contributed by atoms with Crippen LogP contribution in [0.3, 0.4) is 0 Å². The van der Waals surface area contributed by atoms with E-state index in [0.29, 0.717) is 6.42 Å². The molecule has 0 aromatic carbocycles. The minimum Gasteiger partial charge on any atom is -0.455 e. The van der Waals surface area contributed by atoms with Crippen LogP contribution in [0.4, 0.5) is 13.2 Å². The van der Waals surface area contributed by atoms with Crippen molar-refractivity contribution in [2.45, 2.75) is 32.5 Å². The van der Waals surface area contributed by atoms with E-state index in [1.807, 2.05) is 13.8 Å². The van der Waals surface area contributed by atoms with Gasteiger partial charge in [0.1, 0.15) is 6.04 Å². The Morgan fingerprint density at radius 2 is 1.93 bits per heavy atom. The van der Waals surface area contributed by atoms with Crippen molar-refractivity contribution >= 4 is 5.97 Å². The molecule has 0 radical (unpaired) electrons. The minimum absolute atomic E-state index is 0.142. The standard InChI is InChI=1S/C8H14F3NO2/c1-5(2)3-6(12)7(13)14-4-8(9,10)11/h5-6H,3-4,12H2,1-2H3/t6-/m0/s1. The molecule has 14 heavy (non-hydrogen) atoms. The molecule has 0 saturated heterocycles. The summed E-state index contributed by atoms with van der Waals surface area (Å²) in [5.74, 6) is -0.862. The first-order valence-electron chi connectivity index (χ1n) is 4.21. The number of carbonyl (C=O) groups excluding carboxylic acids is 1. The van der Waals surface area contributed by atoms with Crippen molar-refractivity contribution in [3.05, 3.63) is 0 Å². The first-order valence-corrected chi connectivity index (χ1v) is 4.21. The maximum Gasteiger partial charge on any atom is 0.422 e. The summed E-state index contributed by atoms with van der Waals surface area (Å²) in [5.41, 5.74) is 5.31. The molecular weight excluding hydrogens is 199 g/mol. The molecule has 0 unspecified atom stereocenters. The van der Waals surface area contributed by atoms with Crippen LogP contribution in [0.2, 0.25) is 0 Å². The summed E-state index contributed by atoms with van der Waals surface area (Å²) >= 11 is 0. The molecule has 0 aromatic rings. The van der Waals surface area contributed by atoms with E-state index in [2.05, 4.69) is 4.74 Å². The molecule has 0 rings (SSSR count). The largest absolute Gasteiger partial charge is 0.455 e. The SMILES string of the molecule is CC(C)C[C@H](N)C(=O)OCC(F)(F)F. The number of nitrogens with two attached hydrogens (primary N) is 1. The van der Waals surface area contributed by atoms with Crippen LogP contribution < -0.4 is 5.73 Å². The highest BCUT2D eigenvalue weighted by molar-refractivity contribution is 5.75. The second-order valence-corrected chi connectivity index (χ2v) is 3.46. The van der Waals surface area contributed by atoms with E-state index >= 15 is 0 Å². The smallest absolute Gasteiger partial charge is 0.422 e. The third-order valence-corrected chi connectivity index (χ3v) is 1.41. The first kappa shape index (κ1) is 13.2. The predicted molar refractivity (Wildman–Crippen MR) is 44.4 cm³/mol. The van der Waals surface area contributed by atoms with Gasteiger partial charge < -0.3 is 10.5 Å². The van der Waals surface area contributed by atoms with Crippen molar-refractivity contribution in [2.24, 2.45) is 11.7 Å². The van der Waals surface area contributed by atoms with Gasteiger partial charge in [0, 0.05) is 0 Å². The molecule has 0 saturated carbocycles. The van der Waals surface area contributed by atoms with Gasteiger partial charge in [-0.25, -0.2) is 0 Å². The van der Waals surface area contributed by atoms with Crippen molar-refractivity contribution in [2.75, 3.05) is 6.61 Å². The Bertz CT molecular complexity index is 192. The highest BCUT2D eigenvalue weighted by Gasteiger charge is 2.30. The zero-order valence-electron chi connectivity index (χ0n) is 8.10. The van der Waals surface area contributed by atoms with Crippen LogP contribution in [0.5, 0.6) is 0 Å². The van der Waals surface area contributed by atoms with Gasteiger partial charge in [-0.3, -0.25) is 4.79 Å². The average Bonchev–Trinajstić information content (AvgIpc) is 1.97. The summed E-state index contributed by atoms with van der Waals surface area (Å²) < 4.78 is 38.9. The number of ether oxygens (including phenoxy) is 1. The Balaban J connectivity index is 3.85. The van der Waals surface area contributed by atoms with Crippen LogP contribution in [0.25, 0.3) is 0 Å². The zero-order chi connectivity index (χ0) is 11.4. The molecule has 0 bridgehead atoms. The normalized spacial score (nSPS) is 14.2. The fourth-order valence-corrected chi connectivity index (χ4v) is 0.864. The van der Waals surface area contributed by atoms with Crippen molar-refractivity contribution < 1.29 is 22.7 Å². The summed E-state index contributed by atoms with van der Waals surface area (Å²) in [4.78, 5) is 10.9. The van der Waals surface area contributed by atoms with E-state index in [9.17, 15) is 18.0 Å². The molecule has 0 aliphatic rings. The highest BCUT2D eigenvalue weighted by Crippen LogP contribution is 2.15. The van der Waals surface area contributed by atoms with Crippen LogP contribution in [-0.4, -0.2) is 24.8 Å². The molecule has 0 fully saturated rings. The Hall–Kier alpha value is -0.780. The highest BCUT2D eigenvalue weighted by atomic mass is 19.4. The molecule has 0 aliphatic heterocycles. The van der Waals surface area contributed by atoms with Crippen molar-refractivity contribution in [3.63, 3.8) is 0 Å². The van der Waals surface area contributed by atoms with Gasteiger partial charge in [-0.15, -0.1) is 0 Å². The van der Waals surface area contributed by atoms with Crippen LogP contribution in [0.1, 0.15) is 20.3 Å². The summed E-state index contributed by atoms with van der Waals surface area (Å²) in [6, 6.07) is -0.975. The van der Waals surface area contributed by atoms with Gasteiger partial charge in [0.2, 0.25) is 0 Å². The number of alkyl halides is 3. The van der Waals surface area contributed by atoms with Gasteiger partial charge in [-0.2, -0.15) is 13.2 Å². The fourth-order valence-electron chi connectivity index (χ4n) is 0.864. The lowest BCUT2D eigenvalue weighted by Crippen LogP contribution is -2.35. The third-order valence-electron chi connectivity index (χ3n) is 1.41. The Labute approximate surface area is 80.4 Å². The van der Waals surface area contributed by atoms with Gasteiger partial charge in [0.05, 0.1) is 0 Å². The fraction of sp³-hybridized carbons (Fsp3) is 0.875. The van der Waals surface area contributed by atoms with Gasteiger partial charge in [-0.05, 0) is 12.3 Å². The number of hydrogen-bond donors (Lipinski definition) is 1. The van der Waals surface area contributed by atoms with E-state index in [0.717, 1.165) is 0 Å². The maximum absolute atomic E-state index is 11.6. The number of esters is 1. The predicted octanol–water partition coefficient (Wildman–Crippen LogP) is 1.47. The van der Waals surface area contributed by atoms with E-state index in [-0.39, 0.29) is 5.92 Å². The lowest BCUT2D eigenvalue weighted by atomic mass is 10.1. The molecular formula is C8H14F3NO2. The molecule has 0 heterocycles. The van der Waals surface area contributed by atoms with Gasteiger partial charge >= 0.3 is 12.1 Å². The van der Waals surface area contributed by atoms with E-state index < -0.39 is 24.8 Å². The topological polar surface area (TPSA) is 52.3 Å². The number of carbonyl (C=O) groups is 1. The van der Waals surface area contributed by atoms with E-state index in [1.54, 1.807) is 0 Å². The number of hydrogen-bond acceptors (Lipinski definition) is 3. The van der Waals surface area contributed by atoms with Crippen LogP contribution >= 0.6 is 0 Å². The molecule has 2 N–H and O–H groups in total. The summed E-state index contributed by atoms with van der Waals surface area (Å²) in [6.45, 7) is 2.06. The Morgan fingerprint density at radius 1 is 1.43 bits per heavy atom. The molecule has 84 valence electrons. The molecule has 3 nitrogen and oxygen atoms in total. The molecule has 0 spiro atoms. The minimum atomic E-state index is -4.49. The lowest BCUT2D eigenvalue weighted by molar-refractivity contribution is -0.187. The zero-order valence-corrected chi connectivity index (χ0v) is 8.10. The number of rotatable bonds is 4. The van der Waals surface area contributed by atoms with Gasteiger partial charge in [0.15, 0.2) is 6.61 Å². The molecule has 1 atom stereocenters. The second-order valence-electron chi connectivity index (χ2n) is 3.46. The molecule has 0 aromatic heterocycles. The van der Waals surface area contributed by atoms with Crippen LogP contribution in [0.15, 0.2) is 0 Å². The maximum atomic E-state index is 11.6. The summed E-state index contributed by atoms with van der Waals surface area (Å²) in [6.07, 6.45) is -4.18. The van der Waals surface area contributed by atoms with Gasteiger partial charge in [-0.1, -0.05) is 13.8 Å². The van der Waals surface area contributed by atoms with Crippen molar-refractivity contribution in [1.29, 1.82) is 0 Å². The van der Waals surface area contributed by atoms with Crippen LogP contribution in [-0.2, 0) is 9.53 Å². The summed E-state index contributed by atoms with van der Waals surface area (Å²) in [5, 5.41) is 0. The molecule has 6 heteroatoms.